The number of likely N-dealkylation sites (N-methyl/N-ethyl adjacent to an activating group) is 1. The molecule has 0 spiro atoms. The number of hydrogen-bond donors (Lipinski definition) is 1. The van der Waals surface area contributed by atoms with E-state index in [0.29, 0.717) is 12.0 Å². The van der Waals surface area contributed by atoms with Gasteiger partial charge in [-0.1, -0.05) is 47.1 Å². The lowest BCUT2D eigenvalue weighted by Gasteiger charge is -2.18. The van der Waals surface area contributed by atoms with Crippen molar-refractivity contribution in [3.05, 3.63) is 69.7 Å². The monoisotopic (exact) mass is 353 g/mol. The first-order valence-corrected chi connectivity index (χ1v) is 7.80. The van der Waals surface area contributed by atoms with Gasteiger partial charge >= 0.3 is 0 Å². The van der Waals surface area contributed by atoms with E-state index >= 15 is 0 Å². The van der Waals surface area contributed by atoms with Crippen molar-refractivity contribution in [2.75, 3.05) is 13.1 Å². The Bertz CT molecular complexity index is 584. The molecule has 0 bridgehead atoms. The van der Waals surface area contributed by atoms with Gasteiger partial charge in [0.2, 0.25) is 0 Å². The van der Waals surface area contributed by atoms with E-state index in [4.69, 9.17) is 0 Å². The fourth-order valence-electron chi connectivity index (χ4n) is 2.33. The zero-order chi connectivity index (χ0) is 15.2. The summed E-state index contributed by atoms with van der Waals surface area (Å²) in [5.41, 5.74) is 1.53. The Balaban J connectivity index is 2.23. The smallest absolute Gasteiger partial charge is 0.162 e. The Morgan fingerprint density at radius 1 is 1.10 bits per heavy atom. The summed E-state index contributed by atoms with van der Waals surface area (Å²) < 4.78 is 28.2. The topological polar surface area (TPSA) is 12.0 Å². The molecule has 0 aromatic heterocycles. The van der Waals surface area contributed by atoms with Gasteiger partial charge in [-0.3, -0.25) is 0 Å². The van der Waals surface area contributed by atoms with Gasteiger partial charge in [0.15, 0.2) is 11.6 Å². The Labute approximate surface area is 132 Å². The summed E-state index contributed by atoms with van der Waals surface area (Å²) in [6, 6.07) is 12.3. The molecule has 2 aromatic carbocycles. The second-order valence-electron chi connectivity index (χ2n) is 4.97. The maximum absolute atomic E-state index is 13.9. The Morgan fingerprint density at radius 2 is 1.81 bits per heavy atom. The van der Waals surface area contributed by atoms with Gasteiger partial charge < -0.3 is 5.32 Å². The van der Waals surface area contributed by atoms with Crippen LogP contribution in [0.2, 0.25) is 0 Å². The fourth-order valence-corrected chi connectivity index (χ4v) is 2.60. The summed E-state index contributed by atoms with van der Waals surface area (Å²) in [5, 5.41) is 3.29. The van der Waals surface area contributed by atoms with Crippen molar-refractivity contribution < 1.29 is 8.78 Å². The van der Waals surface area contributed by atoms with E-state index in [1.807, 2.05) is 31.2 Å². The lowest BCUT2D eigenvalue weighted by Crippen LogP contribution is -2.23. The number of rotatable bonds is 6. The predicted molar refractivity (Wildman–Crippen MR) is 85.5 cm³/mol. The first-order valence-electron chi connectivity index (χ1n) is 7.01. The maximum atomic E-state index is 13.9. The van der Waals surface area contributed by atoms with Crippen molar-refractivity contribution in [3.8, 4) is 0 Å². The normalized spacial score (nSPS) is 12.4. The Kier molecular flexibility index (Phi) is 5.88. The van der Waals surface area contributed by atoms with E-state index in [1.54, 1.807) is 12.1 Å². The largest absolute Gasteiger partial charge is 0.316 e. The summed E-state index contributed by atoms with van der Waals surface area (Å²) >= 11 is 3.41. The zero-order valence-corrected chi connectivity index (χ0v) is 13.5. The van der Waals surface area contributed by atoms with Crippen molar-refractivity contribution in [1.82, 2.24) is 5.32 Å². The van der Waals surface area contributed by atoms with Crippen molar-refractivity contribution in [2.24, 2.45) is 0 Å². The molecule has 0 aliphatic carbocycles. The molecule has 2 aromatic rings. The molecule has 0 heterocycles. The lowest BCUT2D eigenvalue weighted by atomic mass is 9.91. The molecule has 0 saturated heterocycles. The number of hydrogen-bond acceptors (Lipinski definition) is 1. The highest BCUT2D eigenvalue weighted by atomic mass is 79.9. The minimum absolute atomic E-state index is 0.106. The van der Waals surface area contributed by atoms with Gasteiger partial charge in [-0.15, -0.1) is 0 Å². The molecule has 112 valence electrons. The molecule has 0 aliphatic rings. The lowest BCUT2D eigenvalue weighted by molar-refractivity contribution is 0.490. The average molecular weight is 354 g/mol. The van der Waals surface area contributed by atoms with Gasteiger partial charge in [-0.2, -0.15) is 0 Å². The molecule has 1 unspecified atom stereocenters. The summed E-state index contributed by atoms with van der Waals surface area (Å²) in [6.07, 6.45) is 0.470. The van der Waals surface area contributed by atoms with Crippen LogP contribution >= 0.6 is 15.9 Å². The second-order valence-corrected chi connectivity index (χ2v) is 5.89. The third kappa shape index (κ3) is 4.35. The van der Waals surface area contributed by atoms with Crippen molar-refractivity contribution in [1.29, 1.82) is 0 Å². The van der Waals surface area contributed by atoms with Crippen LogP contribution in [-0.2, 0) is 6.42 Å². The summed E-state index contributed by atoms with van der Waals surface area (Å²) in [4.78, 5) is 0. The summed E-state index contributed by atoms with van der Waals surface area (Å²) in [7, 11) is 0. The summed E-state index contributed by atoms with van der Waals surface area (Å²) in [6.45, 7) is 3.61. The van der Waals surface area contributed by atoms with Crippen LogP contribution in [-0.4, -0.2) is 13.1 Å². The quantitative estimate of drug-likeness (QED) is 0.795. The van der Waals surface area contributed by atoms with Gasteiger partial charge in [-0.25, -0.2) is 8.78 Å². The molecule has 0 aliphatic heterocycles. The molecule has 21 heavy (non-hydrogen) atoms. The first kappa shape index (κ1) is 16.1. The summed E-state index contributed by atoms with van der Waals surface area (Å²) in [5.74, 6) is -1.42. The predicted octanol–water partition coefficient (Wildman–Crippen LogP) is 4.66. The van der Waals surface area contributed by atoms with Crippen molar-refractivity contribution in [3.63, 3.8) is 0 Å². The molecular weight excluding hydrogens is 336 g/mol. The Hall–Kier alpha value is -1.26. The van der Waals surface area contributed by atoms with E-state index in [-0.39, 0.29) is 5.92 Å². The molecular formula is C17H18BrF2N. The number of benzene rings is 2. The van der Waals surface area contributed by atoms with Crippen molar-refractivity contribution in [2.45, 2.75) is 19.3 Å². The molecule has 1 nitrogen and oxygen atoms in total. The highest BCUT2D eigenvalue weighted by molar-refractivity contribution is 9.10. The van der Waals surface area contributed by atoms with Crippen LogP contribution < -0.4 is 5.32 Å². The molecule has 0 radical (unpaired) electrons. The standard InChI is InChI=1S/C17H18BrF2N/c1-2-21-11-14(12-6-8-15(18)9-7-12)10-13-4-3-5-16(19)17(13)20/h3-9,14,21H,2,10-11H2,1H3. The highest BCUT2D eigenvalue weighted by Gasteiger charge is 2.16. The zero-order valence-electron chi connectivity index (χ0n) is 11.9. The van der Waals surface area contributed by atoms with E-state index in [0.717, 1.165) is 29.2 Å². The molecule has 2 rings (SSSR count). The van der Waals surface area contributed by atoms with Crippen LogP contribution in [0.3, 0.4) is 0 Å². The van der Waals surface area contributed by atoms with Gasteiger partial charge in [0.05, 0.1) is 0 Å². The van der Waals surface area contributed by atoms with E-state index in [1.165, 1.54) is 0 Å². The SMILES string of the molecule is CCNCC(Cc1cccc(F)c1F)c1ccc(Br)cc1. The van der Waals surface area contributed by atoms with Crippen LogP contribution in [0, 0.1) is 11.6 Å². The molecule has 1 atom stereocenters. The number of halogens is 3. The van der Waals surface area contributed by atoms with E-state index in [9.17, 15) is 8.78 Å². The molecule has 4 heteroatoms. The van der Waals surface area contributed by atoms with Gasteiger partial charge in [0.1, 0.15) is 0 Å². The molecule has 0 saturated carbocycles. The maximum Gasteiger partial charge on any atom is 0.162 e. The van der Waals surface area contributed by atoms with Gasteiger partial charge in [-0.05, 0) is 42.3 Å². The molecule has 1 N–H and O–H groups in total. The van der Waals surface area contributed by atoms with Crippen LogP contribution in [0.15, 0.2) is 46.9 Å². The Morgan fingerprint density at radius 3 is 2.48 bits per heavy atom. The molecule has 0 amide bonds. The first-order chi connectivity index (χ1) is 10.1. The fraction of sp³-hybridized carbons (Fsp3) is 0.294. The number of nitrogens with one attached hydrogen (secondary N) is 1. The molecule has 0 fully saturated rings. The van der Waals surface area contributed by atoms with Crippen LogP contribution in [0.1, 0.15) is 24.0 Å². The van der Waals surface area contributed by atoms with Crippen molar-refractivity contribution >= 4 is 15.9 Å². The third-order valence-electron chi connectivity index (χ3n) is 3.48. The third-order valence-corrected chi connectivity index (χ3v) is 4.01. The minimum atomic E-state index is -0.787. The van der Waals surface area contributed by atoms with E-state index in [2.05, 4.69) is 21.2 Å². The van der Waals surface area contributed by atoms with E-state index < -0.39 is 11.6 Å². The van der Waals surface area contributed by atoms with Crippen LogP contribution in [0.4, 0.5) is 8.78 Å². The second kappa shape index (κ2) is 7.66. The van der Waals surface area contributed by atoms with Gasteiger partial charge in [0, 0.05) is 16.9 Å². The highest BCUT2D eigenvalue weighted by Crippen LogP contribution is 2.24. The minimum Gasteiger partial charge on any atom is -0.316 e. The average Bonchev–Trinajstić information content (AvgIpc) is 2.49. The van der Waals surface area contributed by atoms with Gasteiger partial charge in [0.25, 0.3) is 0 Å². The van der Waals surface area contributed by atoms with Crippen LogP contribution in [0.25, 0.3) is 0 Å². The van der Waals surface area contributed by atoms with Crippen LogP contribution in [0.5, 0.6) is 0 Å².